The highest BCUT2D eigenvalue weighted by Gasteiger charge is 2.35. The second kappa shape index (κ2) is 17.4. The van der Waals surface area contributed by atoms with E-state index in [2.05, 4.69) is 275 Å². The zero-order valence-corrected chi connectivity index (χ0v) is 42.4. The van der Waals surface area contributed by atoms with E-state index in [1.807, 2.05) is 0 Å². The molecule has 0 heterocycles. The van der Waals surface area contributed by atoms with Gasteiger partial charge < -0.3 is 4.90 Å². The normalized spacial score (nSPS) is 13.5. The zero-order valence-electron chi connectivity index (χ0n) is 42.4. The molecule has 0 radical (unpaired) electrons. The van der Waals surface area contributed by atoms with Crippen molar-refractivity contribution in [1.29, 1.82) is 0 Å². The molecule has 0 N–H and O–H groups in total. The van der Waals surface area contributed by atoms with Gasteiger partial charge in [-0.25, -0.2) is 0 Å². The largest absolute Gasteiger partial charge is 0.311 e. The molecule has 0 unspecified atom stereocenters. The van der Waals surface area contributed by atoms with Gasteiger partial charge in [-0.2, -0.15) is 0 Å². The van der Waals surface area contributed by atoms with Crippen molar-refractivity contribution in [3.63, 3.8) is 0 Å². The van der Waals surface area contributed by atoms with Gasteiger partial charge in [0.15, 0.2) is 0 Å². The van der Waals surface area contributed by atoms with Crippen LogP contribution in [0.25, 0.3) is 55.3 Å². The lowest BCUT2D eigenvalue weighted by atomic mass is 9.82. The third kappa shape index (κ3) is 8.44. The molecular weight excluding hydrogens is 831 g/mol. The molecule has 2 aliphatic rings. The smallest absolute Gasteiger partial charge is 0.0462 e. The Morgan fingerprint density at radius 1 is 0.377 bits per heavy atom. The number of hydrogen-bond acceptors (Lipinski definition) is 1. The molecule has 0 spiro atoms. The van der Waals surface area contributed by atoms with Crippen molar-refractivity contribution in [3.8, 4) is 33.4 Å². The van der Waals surface area contributed by atoms with E-state index in [-0.39, 0.29) is 16.2 Å². The molecule has 1 heteroatoms. The van der Waals surface area contributed by atoms with Crippen LogP contribution in [-0.4, -0.2) is 0 Å². The molecule has 2 aliphatic carbocycles. The van der Waals surface area contributed by atoms with E-state index in [0.717, 1.165) is 17.1 Å². The highest BCUT2D eigenvalue weighted by Crippen LogP contribution is 2.49. The van der Waals surface area contributed by atoms with E-state index in [1.54, 1.807) is 0 Å². The second-order valence-electron chi connectivity index (χ2n) is 22.0. The molecule has 9 aromatic carbocycles. The van der Waals surface area contributed by atoms with E-state index < -0.39 is 0 Å². The maximum atomic E-state index is 2.40. The summed E-state index contributed by atoms with van der Waals surface area (Å²) in [6, 6.07) is 72.0. The monoisotopic (exact) mass is 896 g/mol. The molecule has 1 nitrogen and oxygen atoms in total. The number of rotatable bonds is 6. The highest BCUT2D eigenvalue weighted by atomic mass is 15.1. The van der Waals surface area contributed by atoms with Gasteiger partial charge in [0, 0.05) is 22.5 Å². The molecule has 0 fully saturated rings. The number of benzene rings is 9. The molecule has 0 atom stereocenters. The fourth-order valence-corrected chi connectivity index (χ4v) is 10.8. The van der Waals surface area contributed by atoms with Crippen molar-refractivity contribution >= 4 is 39.0 Å². The number of fused-ring (bicyclic) bond motifs is 3. The number of aryl methyl sites for hydroxylation is 2. The average Bonchev–Trinajstić information content (AvgIpc) is 3.75. The van der Waals surface area contributed by atoms with Crippen LogP contribution in [0.5, 0.6) is 0 Å². The molecule has 0 saturated heterocycles. The Balaban J connectivity index is 0.000000290. The van der Waals surface area contributed by atoms with Gasteiger partial charge in [0.25, 0.3) is 0 Å². The fraction of sp³-hybridized carbons (Fsp3) is 0.206. The maximum Gasteiger partial charge on any atom is 0.0462 e. The summed E-state index contributed by atoms with van der Waals surface area (Å²) in [4.78, 5) is 2.37. The number of hydrogen-bond donors (Lipinski definition) is 0. The van der Waals surface area contributed by atoms with E-state index in [1.165, 1.54) is 105 Å². The lowest BCUT2D eigenvalue weighted by Gasteiger charge is -2.28. The Morgan fingerprint density at radius 3 is 1.48 bits per heavy atom. The van der Waals surface area contributed by atoms with Gasteiger partial charge >= 0.3 is 0 Å². The molecule has 0 amide bonds. The van der Waals surface area contributed by atoms with Crippen LogP contribution in [0.2, 0.25) is 0 Å². The fourth-order valence-electron chi connectivity index (χ4n) is 10.8. The predicted molar refractivity (Wildman–Crippen MR) is 298 cm³/mol. The Bertz CT molecular complexity index is 3350. The zero-order chi connectivity index (χ0) is 48.4. The van der Waals surface area contributed by atoms with E-state index in [0.29, 0.717) is 0 Å². The minimum absolute atomic E-state index is 0.0985. The highest BCUT2D eigenvalue weighted by molar-refractivity contribution is 6.17. The van der Waals surface area contributed by atoms with Crippen LogP contribution in [0, 0.1) is 13.8 Å². The van der Waals surface area contributed by atoms with E-state index in [4.69, 9.17) is 0 Å². The van der Waals surface area contributed by atoms with Crippen LogP contribution >= 0.6 is 0 Å². The summed E-state index contributed by atoms with van der Waals surface area (Å²) in [7, 11) is 0. The van der Waals surface area contributed by atoms with Gasteiger partial charge in [-0.15, -0.1) is 0 Å². The molecular formula is C68H65N. The minimum Gasteiger partial charge on any atom is -0.311 e. The van der Waals surface area contributed by atoms with Crippen LogP contribution in [-0.2, 0) is 16.2 Å². The summed E-state index contributed by atoms with van der Waals surface area (Å²) < 4.78 is 0. The van der Waals surface area contributed by atoms with Gasteiger partial charge in [-0.3, -0.25) is 0 Å². The first-order valence-corrected chi connectivity index (χ1v) is 24.7. The van der Waals surface area contributed by atoms with Crippen molar-refractivity contribution in [2.75, 3.05) is 4.90 Å². The molecule has 69 heavy (non-hydrogen) atoms. The van der Waals surface area contributed by atoms with Crippen molar-refractivity contribution in [2.45, 2.75) is 92.4 Å². The molecule has 342 valence electrons. The third-order valence-corrected chi connectivity index (χ3v) is 14.8. The Morgan fingerprint density at radius 2 is 0.870 bits per heavy atom. The summed E-state index contributed by atoms with van der Waals surface area (Å²) in [6.45, 7) is 24.9. The number of anilines is 3. The van der Waals surface area contributed by atoms with Crippen molar-refractivity contribution < 1.29 is 0 Å². The summed E-state index contributed by atoms with van der Waals surface area (Å²) in [5.41, 5.74) is 26.4. The second-order valence-corrected chi connectivity index (χ2v) is 22.0. The van der Waals surface area contributed by atoms with Crippen LogP contribution in [0.4, 0.5) is 17.1 Å². The lowest BCUT2D eigenvalue weighted by molar-refractivity contribution is 0.590. The lowest BCUT2D eigenvalue weighted by Crippen LogP contribution is -2.14. The summed E-state index contributed by atoms with van der Waals surface area (Å²) in [6.07, 6.45) is 0. The quantitative estimate of drug-likeness (QED) is 0.161. The maximum absolute atomic E-state index is 2.40. The summed E-state index contributed by atoms with van der Waals surface area (Å²) >= 11 is 0. The van der Waals surface area contributed by atoms with Crippen LogP contribution in [0.15, 0.2) is 194 Å². The Kier molecular flexibility index (Phi) is 11.5. The topological polar surface area (TPSA) is 3.24 Å². The Hall–Kier alpha value is -7.22. The SMILES string of the molecule is CC1=C(c2cc(-c3cccc(-c4ccc(N(c5ccc(C(C)(C)C)cc5)c5ccc(C(C)(C)C)cc5)cc4)c3)ccc2C)c2cccc3cccc1c23.Cc1ccc2c(c1)C(C)(C)c1ccccc1-2. The first kappa shape index (κ1) is 45.6. The molecule has 0 aromatic heterocycles. The molecule has 9 aromatic rings. The molecule has 0 saturated carbocycles. The Labute approximate surface area is 411 Å². The minimum atomic E-state index is 0.0985. The van der Waals surface area contributed by atoms with Crippen LogP contribution in [0.3, 0.4) is 0 Å². The summed E-state index contributed by atoms with van der Waals surface area (Å²) in [5.74, 6) is 0. The average molecular weight is 896 g/mol. The van der Waals surface area contributed by atoms with E-state index >= 15 is 0 Å². The summed E-state index contributed by atoms with van der Waals surface area (Å²) in [5, 5.41) is 2.68. The van der Waals surface area contributed by atoms with Gasteiger partial charge in [0.05, 0.1) is 0 Å². The van der Waals surface area contributed by atoms with Crippen molar-refractivity contribution in [3.05, 3.63) is 244 Å². The van der Waals surface area contributed by atoms with E-state index in [9.17, 15) is 0 Å². The third-order valence-electron chi connectivity index (χ3n) is 14.8. The van der Waals surface area contributed by atoms with Gasteiger partial charge in [0.2, 0.25) is 0 Å². The van der Waals surface area contributed by atoms with Crippen molar-refractivity contribution in [1.82, 2.24) is 0 Å². The van der Waals surface area contributed by atoms with Gasteiger partial charge in [0.1, 0.15) is 0 Å². The molecule has 0 aliphatic heterocycles. The van der Waals surface area contributed by atoms with Gasteiger partial charge in [-0.05, 0) is 180 Å². The first-order valence-electron chi connectivity index (χ1n) is 24.7. The first-order chi connectivity index (χ1) is 33.0. The molecule has 0 bridgehead atoms. The number of allylic oxidation sites excluding steroid dienone is 1. The van der Waals surface area contributed by atoms with Crippen molar-refractivity contribution in [2.24, 2.45) is 0 Å². The van der Waals surface area contributed by atoms with Crippen LogP contribution < -0.4 is 4.90 Å². The predicted octanol–water partition coefficient (Wildman–Crippen LogP) is 19.1. The molecule has 11 rings (SSSR count). The van der Waals surface area contributed by atoms with Crippen LogP contribution in [0.1, 0.15) is 112 Å². The number of nitrogens with zero attached hydrogens (tertiary/aromatic N) is 1. The van der Waals surface area contributed by atoms with Gasteiger partial charge in [-0.1, -0.05) is 207 Å². The standard InChI is InChI=1S/C52H49N.C16H16/c1-34-18-19-40(33-48(34)49-35(2)46-16-10-12-37-13-11-17-47(49)50(37)46)39-15-9-14-38(32-39)36-20-26-43(27-21-36)53(44-28-22-41(23-29-44)51(3,4)5)45-30-24-42(25-31-45)52(6,7)8;1-11-8-9-13-12-6-4-5-7-14(12)16(2,3)15(13)10-11/h9-33H,1-8H3;4-10H,1-3H3.